The number of amides is 2. The summed E-state index contributed by atoms with van der Waals surface area (Å²) in [6.07, 6.45) is 5.30. The van der Waals surface area contributed by atoms with Crippen LogP contribution in [0.25, 0.3) is 0 Å². The maximum Gasteiger partial charge on any atom is 0.322 e. The van der Waals surface area contributed by atoms with Crippen LogP contribution in [0.15, 0.2) is 12.3 Å². The summed E-state index contributed by atoms with van der Waals surface area (Å²) in [6.45, 7) is 5.76. The van der Waals surface area contributed by atoms with E-state index in [1.165, 1.54) is 6.20 Å². The summed E-state index contributed by atoms with van der Waals surface area (Å²) in [6, 6.07) is 3.88. The topological polar surface area (TPSA) is 181 Å². The van der Waals surface area contributed by atoms with E-state index in [0.717, 1.165) is 32.1 Å². The van der Waals surface area contributed by atoms with Gasteiger partial charge in [-0.2, -0.15) is 20.2 Å². The van der Waals surface area contributed by atoms with E-state index in [2.05, 4.69) is 36.6 Å². The fraction of sp³-hybridized carbons (Fsp3) is 0.577. The van der Waals surface area contributed by atoms with E-state index in [4.69, 9.17) is 15.2 Å². The number of carbonyl (C=O) groups excluding carboxylic acids is 2. The lowest BCUT2D eigenvalue weighted by atomic mass is 9.98. The van der Waals surface area contributed by atoms with Crippen molar-refractivity contribution in [2.45, 2.75) is 52.0 Å². The normalized spacial score (nSPS) is 17.0. The number of nitrogens with one attached hydrogen (secondary N) is 2. The molecule has 2 aliphatic rings. The predicted molar refractivity (Wildman–Crippen MR) is 142 cm³/mol. The van der Waals surface area contributed by atoms with Crippen molar-refractivity contribution in [3.8, 4) is 17.8 Å². The Morgan fingerprint density at radius 1 is 1.23 bits per heavy atom. The van der Waals surface area contributed by atoms with Crippen LogP contribution in [0.5, 0.6) is 11.8 Å². The number of hydrogen-bond donors (Lipinski definition) is 3. The van der Waals surface area contributed by atoms with Crippen molar-refractivity contribution in [3.63, 3.8) is 0 Å². The maximum absolute atomic E-state index is 12.8. The molecule has 1 saturated heterocycles. The lowest BCUT2D eigenvalue weighted by Gasteiger charge is -2.32. The summed E-state index contributed by atoms with van der Waals surface area (Å²) < 4.78 is 11.7. The first-order chi connectivity index (χ1) is 18.8. The highest BCUT2D eigenvalue weighted by Gasteiger charge is 2.44. The zero-order chi connectivity index (χ0) is 28.0. The third-order valence-electron chi connectivity index (χ3n) is 7.11. The van der Waals surface area contributed by atoms with E-state index in [0.29, 0.717) is 37.0 Å². The highest BCUT2D eigenvalue weighted by Crippen LogP contribution is 2.44. The lowest BCUT2D eigenvalue weighted by molar-refractivity contribution is 0.0924. The Morgan fingerprint density at radius 3 is 2.62 bits per heavy atom. The molecule has 2 aromatic rings. The van der Waals surface area contributed by atoms with E-state index in [-0.39, 0.29) is 42.1 Å². The number of carbonyl (C=O) groups is 2. The van der Waals surface area contributed by atoms with Crippen molar-refractivity contribution in [2.24, 2.45) is 11.3 Å². The summed E-state index contributed by atoms with van der Waals surface area (Å²) in [7, 11) is 1.55. The second kappa shape index (κ2) is 12.1. The molecule has 1 atom stereocenters. The molecule has 0 unspecified atom stereocenters. The van der Waals surface area contributed by atoms with Gasteiger partial charge in [0, 0.05) is 32.4 Å². The summed E-state index contributed by atoms with van der Waals surface area (Å²) >= 11 is 0. The molecule has 208 valence electrons. The molecule has 13 heteroatoms. The third-order valence-corrected chi connectivity index (χ3v) is 7.11. The Balaban J connectivity index is 1.41. The molecule has 0 aromatic carbocycles. The number of piperidine rings is 1. The first-order valence-electron chi connectivity index (χ1n) is 13.2. The SMILES string of the molecule is CC[C@@H](C)NC(=O)c1nc(OCC2(C#N)CC2)nc(N2CCC(COc3cc(C(=O)NC)cnc3N)CC2)n1. The van der Waals surface area contributed by atoms with E-state index in [1.54, 1.807) is 13.1 Å². The Bertz CT molecular complexity index is 1240. The minimum Gasteiger partial charge on any atom is -0.489 e. The molecule has 1 aliphatic heterocycles. The number of ether oxygens (including phenoxy) is 2. The minimum absolute atomic E-state index is 0.0125. The number of aromatic nitrogens is 4. The smallest absolute Gasteiger partial charge is 0.322 e. The zero-order valence-electron chi connectivity index (χ0n) is 22.6. The van der Waals surface area contributed by atoms with Gasteiger partial charge in [-0.25, -0.2) is 4.98 Å². The van der Waals surface area contributed by atoms with Crippen LogP contribution in [0.4, 0.5) is 11.8 Å². The third kappa shape index (κ3) is 7.01. The fourth-order valence-electron chi connectivity index (χ4n) is 4.03. The van der Waals surface area contributed by atoms with Gasteiger partial charge >= 0.3 is 6.01 Å². The van der Waals surface area contributed by atoms with Crippen LogP contribution in [0.2, 0.25) is 0 Å². The molecule has 0 radical (unpaired) electrons. The molecule has 1 saturated carbocycles. The second-order valence-electron chi connectivity index (χ2n) is 10.1. The molecule has 2 fully saturated rings. The van der Waals surface area contributed by atoms with Crippen molar-refractivity contribution in [1.29, 1.82) is 5.26 Å². The van der Waals surface area contributed by atoms with Crippen LogP contribution in [0, 0.1) is 22.7 Å². The molecule has 0 spiro atoms. The molecule has 4 N–H and O–H groups in total. The average molecular weight is 538 g/mol. The number of anilines is 2. The number of rotatable bonds is 11. The molecule has 2 amide bonds. The van der Waals surface area contributed by atoms with Crippen LogP contribution >= 0.6 is 0 Å². The van der Waals surface area contributed by atoms with Crippen LogP contribution < -0.4 is 30.7 Å². The van der Waals surface area contributed by atoms with Gasteiger partial charge in [-0.15, -0.1) is 0 Å². The van der Waals surface area contributed by atoms with Crippen molar-refractivity contribution in [3.05, 3.63) is 23.7 Å². The number of nitrogen functional groups attached to an aromatic ring is 1. The predicted octanol–water partition coefficient (Wildman–Crippen LogP) is 1.71. The molecule has 39 heavy (non-hydrogen) atoms. The Kier molecular flexibility index (Phi) is 8.63. The Labute approximate surface area is 227 Å². The minimum atomic E-state index is -0.497. The first kappa shape index (κ1) is 27.8. The van der Waals surface area contributed by atoms with Crippen molar-refractivity contribution in [1.82, 2.24) is 30.6 Å². The van der Waals surface area contributed by atoms with Gasteiger partial charge in [-0.05, 0) is 51.0 Å². The van der Waals surface area contributed by atoms with Gasteiger partial charge in [-0.3, -0.25) is 9.59 Å². The van der Waals surface area contributed by atoms with Crippen LogP contribution in [0.3, 0.4) is 0 Å². The van der Waals surface area contributed by atoms with Crippen LogP contribution in [-0.2, 0) is 0 Å². The lowest BCUT2D eigenvalue weighted by Crippen LogP contribution is -2.38. The number of pyridine rings is 1. The van der Waals surface area contributed by atoms with E-state index < -0.39 is 11.3 Å². The molecule has 3 heterocycles. The molecule has 13 nitrogen and oxygen atoms in total. The van der Waals surface area contributed by atoms with Crippen molar-refractivity contribution in [2.75, 3.05) is 44.0 Å². The summed E-state index contributed by atoms with van der Waals surface area (Å²) in [5, 5.41) is 14.8. The quantitative estimate of drug-likeness (QED) is 0.379. The molecular formula is C26H35N9O4. The largest absolute Gasteiger partial charge is 0.489 e. The Morgan fingerprint density at radius 2 is 1.97 bits per heavy atom. The number of nitrogens with zero attached hydrogens (tertiary/aromatic N) is 6. The number of nitrogens with two attached hydrogens (primary N) is 1. The van der Waals surface area contributed by atoms with Crippen LogP contribution in [-0.4, -0.2) is 71.1 Å². The summed E-state index contributed by atoms with van der Waals surface area (Å²) in [5.41, 5.74) is 5.82. The van der Waals surface area contributed by atoms with E-state index in [9.17, 15) is 14.9 Å². The van der Waals surface area contributed by atoms with Gasteiger partial charge in [0.15, 0.2) is 11.6 Å². The van der Waals surface area contributed by atoms with Gasteiger partial charge in [-0.1, -0.05) is 6.92 Å². The highest BCUT2D eigenvalue weighted by atomic mass is 16.5. The molecule has 0 bridgehead atoms. The van der Waals surface area contributed by atoms with Gasteiger partial charge < -0.3 is 30.7 Å². The van der Waals surface area contributed by atoms with Gasteiger partial charge in [0.2, 0.25) is 11.8 Å². The molecule has 2 aromatic heterocycles. The molecular weight excluding hydrogens is 502 g/mol. The molecule has 1 aliphatic carbocycles. The van der Waals surface area contributed by atoms with Crippen molar-refractivity contribution >= 4 is 23.6 Å². The maximum atomic E-state index is 12.8. The summed E-state index contributed by atoms with van der Waals surface area (Å²) in [4.78, 5) is 43.9. The fourth-order valence-corrected chi connectivity index (χ4v) is 4.03. The van der Waals surface area contributed by atoms with Crippen LogP contribution in [0.1, 0.15) is 66.9 Å². The Hall–Kier alpha value is -4.21. The highest BCUT2D eigenvalue weighted by molar-refractivity contribution is 5.94. The van der Waals surface area contributed by atoms with Gasteiger partial charge in [0.1, 0.15) is 6.61 Å². The van der Waals surface area contributed by atoms with E-state index >= 15 is 0 Å². The van der Waals surface area contributed by atoms with E-state index in [1.807, 2.05) is 18.7 Å². The number of nitriles is 1. The first-order valence-corrected chi connectivity index (χ1v) is 13.2. The standard InChI is InChI=1S/C26H35N9O4/c1-4-16(2)31-23(37)21-32-24(34-25(33-21)39-15-26(14-27)7-8-26)35-9-5-17(6-10-35)13-38-19-11-18(22(36)29-3)12-30-20(19)28/h11-12,16-17H,4-10,13,15H2,1-3H3,(H2,28,30)(H,29,36)(H,31,37)/t16-/m1/s1. The monoisotopic (exact) mass is 537 g/mol. The average Bonchev–Trinajstić information content (AvgIpc) is 3.75. The second-order valence-corrected chi connectivity index (χ2v) is 10.1. The number of hydrogen-bond acceptors (Lipinski definition) is 11. The van der Waals surface area contributed by atoms with Crippen molar-refractivity contribution < 1.29 is 19.1 Å². The van der Waals surface area contributed by atoms with Gasteiger partial charge in [0.25, 0.3) is 11.8 Å². The molecule has 4 rings (SSSR count). The summed E-state index contributed by atoms with van der Waals surface area (Å²) in [5.74, 6) is 0.529. The zero-order valence-corrected chi connectivity index (χ0v) is 22.6. The van der Waals surface area contributed by atoms with Gasteiger partial charge in [0.05, 0.1) is 23.7 Å².